The number of nitrogens with two attached hydrogens (primary N) is 1. The van der Waals surface area contributed by atoms with Crippen molar-refractivity contribution < 1.29 is 0 Å². The van der Waals surface area contributed by atoms with E-state index in [1.165, 1.54) is 11.3 Å². The van der Waals surface area contributed by atoms with Gasteiger partial charge in [-0.05, 0) is 62.2 Å². The number of aryl methyl sites for hydroxylation is 1. The summed E-state index contributed by atoms with van der Waals surface area (Å²) in [4.78, 5) is 2.28. The van der Waals surface area contributed by atoms with Crippen molar-refractivity contribution in [1.29, 1.82) is 0 Å². The molecule has 0 aromatic heterocycles. The van der Waals surface area contributed by atoms with Crippen LogP contribution in [0.3, 0.4) is 0 Å². The van der Waals surface area contributed by atoms with Crippen LogP contribution in [0.5, 0.6) is 0 Å². The fourth-order valence-electron chi connectivity index (χ4n) is 2.48. The van der Waals surface area contributed by atoms with Crippen molar-refractivity contribution in [1.82, 2.24) is 0 Å². The van der Waals surface area contributed by atoms with E-state index in [0.29, 0.717) is 6.54 Å². The highest BCUT2D eigenvalue weighted by atomic mass is 35.5. The molecule has 0 saturated carbocycles. The molecule has 2 aromatic carbocycles. The Morgan fingerprint density at radius 3 is 2.55 bits per heavy atom. The summed E-state index contributed by atoms with van der Waals surface area (Å²) in [6, 6.07) is 14.6. The minimum atomic E-state index is 0.599. The van der Waals surface area contributed by atoms with E-state index < -0.39 is 0 Å². The molecule has 2 N–H and O–H groups in total. The summed E-state index contributed by atoms with van der Waals surface area (Å²) in [5.74, 6) is 0. The normalized spacial score (nSPS) is 10.6. The Morgan fingerprint density at radius 1 is 1.15 bits per heavy atom. The minimum Gasteiger partial charge on any atom is -0.341 e. The van der Waals surface area contributed by atoms with Crippen LogP contribution in [0.15, 0.2) is 42.5 Å². The molecule has 0 fully saturated rings. The van der Waals surface area contributed by atoms with Gasteiger partial charge in [-0.15, -0.1) is 0 Å². The molecule has 3 heteroatoms. The fraction of sp³-hybridized carbons (Fsp3) is 0.294. The number of hydrogen-bond donors (Lipinski definition) is 1. The van der Waals surface area contributed by atoms with Crippen molar-refractivity contribution in [2.24, 2.45) is 5.73 Å². The molecule has 0 radical (unpaired) electrons. The largest absolute Gasteiger partial charge is 0.341 e. The number of nitrogens with zero attached hydrogens (tertiary/aromatic N) is 1. The van der Waals surface area contributed by atoms with E-state index in [1.807, 2.05) is 12.1 Å². The van der Waals surface area contributed by atoms with Crippen LogP contribution in [-0.4, -0.2) is 13.1 Å². The lowest BCUT2D eigenvalue weighted by Crippen LogP contribution is -2.19. The molecule has 0 spiro atoms. The maximum Gasteiger partial charge on any atom is 0.0459 e. The molecule has 0 aliphatic carbocycles. The van der Waals surface area contributed by atoms with Gasteiger partial charge in [0.1, 0.15) is 0 Å². The zero-order valence-electron chi connectivity index (χ0n) is 12.1. The first kappa shape index (κ1) is 14.9. The summed E-state index contributed by atoms with van der Waals surface area (Å²) in [7, 11) is 0. The first-order chi connectivity index (χ1) is 9.67. The lowest BCUT2D eigenvalue weighted by atomic mass is 10.1. The number of rotatable bonds is 5. The highest BCUT2D eigenvalue weighted by Gasteiger charge is 2.13. The predicted octanol–water partition coefficient (Wildman–Crippen LogP) is 4.31. The average Bonchev–Trinajstić information content (AvgIpc) is 2.43. The maximum absolute atomic E-state index is 6.35. The zero-order chi connectivity index (χ0) is 14.5. The zero-order valence-corrected chi connectivity index (χ0v) is 12.8. The van der Waals surface area contributed by atoms with Crippen molar-refractivity contribution in [3.63, 3.8) is 0 Å². The first-order valence-corrected chi connectivity index (χ1v) is 7.36. The Kier molecular flexibility index (Phi) is 5.05. The quantitative estimate of drug-likeness (QED) is 0.888. The van der Waals surface area contributed by atoms with Gasteiger partial charge in [0.2, 0.25) is 0 Å². The van der Waals surface area contributed by atoms with Gasteiger partial charge in [-0.2, -0.15) is 0 Å². The third kappa shape index (κ3) is 3.14. The summed E-state index contributed by atoms with van der Waals surface area (Å²) in [6.45, 7) is 5.75. The van der Waals surface area contributed by atoms with E-state index in [2.05, 4.69) is 49.1 Å². The molecule has 0 saturated heterocycles. The summed E-state index contributed by atoms with van der Waals surface area (Å²) in [5.41, 5.74) is 10.4. The lowest BCUT2D eigenvalue weighted by Gasteiger charge is -2.26. The van der Waals surface area contributed by atoms with Crippen molar-refractivity contribution >= 4 is 23.0 Å². The molecular formula is C17H21ClN2. The standard InChI is InChI=1S/C17H21ClN2/c1-3-20(14-7-4-6-13(2)12-14)17-9-5-8-16(18)15(17)10-11-19/h4-9,12H,3,10-11,19H2,1-2H3. The van der Waals surface area contributed by atoms with Gasteiger partial charge >= 0.3 is 0 Å². The van der Waals surface area contributed by atoms with E-state index in [4.69, 9.17) is 17.3 Å². The second-order valence-electron chi connectivity index (χ2n) is 4.86. The van der Waals surface area contributed by atoms with Gasteiger partial charge in [-0.1, -0.05) is 29.8 Å². The van der Waals surface area contributed by atoms with Gasteiger partial charge in [0.15, 0.2) is 0 Å². The van der Waals surface area contributed by atoms with E-state index in [9.17, 15) is 0 Å². The highest BCUT2D eigenvalue weighted by molar-refractivity contribution is 6.31. The summed E-state index contributed by atoms with van der Waals surface area (Å²) in [6.07, 6.45) is 0.789. The van der Waals surface area contributed by atoms with Crippen molar-refractivity contribution in [3.05, 3.63) is 58.6 Å². The number of benzene rings is 2. The number of hydrogen-bond acceptors (Lipinski definition) is 2. The van der Waals surface area contributed by atoms with Gasteiger partial charge in [-0.25, -0.2) is 0 Å². The second kappa shape index (κ2) is 6.78. The molecule has 2 rings (SSSR count). The van der Waals surface area contributed by atoms with Gasteiger partial charge in [0.05, 0.1) is 0 Å². The Hall–Kier alpha value is -1.51. The Bertz CT molecular complexity index is 581. The van der Waals surface area contributed by atoms with E-state index in [-0.39, 0.29) is 0 Å². The van der Waals surface area contributed by atoms with Crippen molar-refractivity contribution in [2.45, 2.75) is 20.3 Å². The SMILES string of the molecule is CCN(c1cccc(C)c1)c1cccc(Cl)c1CCN. The van der Waals surface area contributed by atoms with Gasteiger partial charge in [0.25, 0.3) is 0 Å². The molecule has 0 heterocycles. The number of halogens is 1. The lowest BCUT2D eigenvalue weighted by molar-refractivity contribution is 0.942. The summed E-state index contributed by atoms with van der Waals surface area (Å²) in [5, 5.41) is 0.791. The van der Waals surface area contributed by atoms with Gasteiger partial charge in [0, 0.05) is 22.9 Å². The second-order valence-corrected chi connectivity index (χ2v) is 5.27. The van der Waals surface area contributed by atoms with Gasteiger partial charge in [-0.3, -0.25) is 0 Å². The number of anilines is 2. The van der Waals surface area contributed by atoms with Crippen LogP contribution in [0, 0.1) is 6.92 Å². The summed E-state index contributed by atoms with van der Waals surface area (Å²) >= 11 is 6.35. The molecule has 106 valence electrons. The third-order valence-electron chi connectivity index (χ3n) is 3.41. The average molecular weight is 289 g/mol. The molecule has 20 heavy (non-hydrogen) atoms. The molecular weight excluding hydrogens is 268 g/mol. The van der Waals surface area contributed by atoms with E-state index in [1.54, 1.807) is 0 Å². The monoisotopic (exact) mass is 288 g/mol. The third-order valence-corrected chi connectivity index (χ3v) is 3.76. The molecule has 0 aliphatic rings. The summed E-state index contributed by atoms with van der Waals surface area (Å²) < 4.78 is 0. The van der Waals surface area contributed by atoms with Crippen LogP contribution in [0.4, 0.5) is 11.4 Å². The van der Waals surface area contributed by atoms with Crippen LogP contribution in [-0.2, 0) is 6.42 Å². The van der Waals surface area contributed by atoms with E-state index >= 15 is 0 Å². The van der Waals surface area contributed by atoms with Crippen LogP contribution >= 0.6 is 11.6 Å². The molecule has 2 nitrogen and oxygen atoms in total. The Morgan fingerprint density at radius 2 is 1.90 bits per heavy atom. The predicted molar refractivity (Wildman–Crippen MR) is 88.1 cm³/mol. The van der Waals surface area contributed by atoms with E-state index in [0.717, 1.165) is 29.2 Å². The van der Waals surface area contributed by atoms with Crippen molar-refractivity contribution in [3.8, 4) is 0 Å². The van der Waals surface area contributed by atoms with Gasteiger partial charge < -0.3 is 10.6 Å². The van der Waals surface area contributed by atoms with Crippen molar-refractivity contribution in [2.75, 3.05) is 18.0 Å². The molecule has 0 aliphatic heterocycles. The highest BCUT2D eigenvalue weighted by Crippen LogP contribution is 2.33. The maximum atomic E-state index is 6.35. The molecule has 0 bridgehead atoms. The minimum absolute atomic E-state index is 0.599. The molecule has 0 amide bonds. The van der Waals surface area contributed by atoms with Crippen LogP contribution < -0.4 is 10.6 Å². The van der Waals surface area contributed by atoms with Crippen LogP contribution in [0.2, 0.25) is 5.02 Å². The first-order valence-electron chi connectivity index (χ1n) is 6.99. The Labute approximate surface area is 126 Å². The molecule has 2 aromatic rings. The fourth-order valence-corrected chi connectivity index (χ4v) is 2.74. The smallest absolute Gasteiger partial charge is 0.0459 e. The Balaban J connectivity index is 2.49. The molecule has 0 atom stereocenters. The van der Waals surface area contributed by atoms with Crippen LogP contribution in [0.1, 0.15) is 18.1 Å². The molecule has 0 unspecified atom stereocenters. The topological polar surface area (TPSA) is 29.3 Å². The van der Waals surface area contributed by atoms with Crippen LogP contribution in [0.25, 0.3) is 0 Å².